The zero-order valence-electron chi connectivity index (χ0n) is 13.7. The van der Waals surface area contributed by atoms with Gasteiger partial charge < -0.3 is 15.0 Å². The molecule has 1 amide bonds. The third-order valence-corrected chi connectivity index (χ3v) is 3.88. The quantitative estimate of drug-likeness (QED) is 0.721. The Morgan fingerprint density at radius 2 is 1.84 bits per heavy atom. The first kappa shape index (κ1) is 16.5. The minimum Gasteiger partial charge on any atom is -0.480 e. The number of aliphatic carboxylic acids is 1. The van der Waals surface area contributed by atoms with Crippen molar-refractivity contribution in [3.63, 3.8) is 0 Å². The van der Waals surface area contributed by atoms with Crippen LogP contribution in [0.4, 0.5) is 0 Å². The van der Waals surface area contributed by atoms with E-state index in [9.17, 15) is 9.59 Å². The molecule has 0 radical (unpaired) electrons. The number of carboxylic acids is 1. The van der Waals surface area contributed by atoms with Crippen molar-refractivity contribution in [1.82, 2.24) is 19.7 Å². The molecule has 0 aliphatic carbocycles. The lowest BCUT2D eigenvalue weighted by molar-refractivity contribution is -0.137. The van der Waals surface area contributed by atoms with Gasteiger partial charge in [0.05, 0.1) is 6.04 Å². The molecule has 7 heteroatoms. The van der Waals surface area contributed by atoms with Gasteiger partial charge in [-0.1, -0.05) is 12.1 Å². The van der Waals surface area contributed by atoms with Crippen LogP contribution in [0.25, 0.3) is 5.69 Å². The fourth-order valence-electron chi connectivity index (χ4n) is 2.58. The molecule has 1 atom stereocenters. The molecule has 2 N–H and O–H groups in total. The molecule has 25 heavy (non-hydrogen) atoms. The molecule has 0 aliphatic heterocycles. The number of nitrogens with one attached hydrogen (secondary N) is 1. The molecule has 2 aromatic heterocycles. The van der Waals surface area contributed by atoms with Crippen LogP contribution in [0, 0.1) is 0 Å². The van der Waals surface area contributed by atoms with Gasteiger partial charge in [0.1, 0.15) is 12.2 Å². The van der Waals surface area contributed by atoms with Gasteiger partial charge in [-0.3, -0.25) is 9.59 Å². The fraction of sp³-hybridized carbons (Fsp3) is 0.167. The Hall–Kier alpha value is -3.35. The van der Waals surface area contributed by atoms with E-state index >= 15 is 0 Å². The summed E-state index contributed by atoms with van der Waals surface area (Å²) in [7, 11) is 0. The normalized spacial score (nSPS) is 11.9. The lowest BCUT2D eigenvalue weighted by atomic mass is 10.1. The minimum absolute atomic E-state index is 0.221. The second kappa shape index (κ2) is 7.04. The third-order valence-electron chi connectivity index (χ3n) is 3.88. The molecule has 0 saturated carbocycles. The number of aromatic nitrogens is 3. The highest BCUT2D eigenvalue weighted by atomic mass is 16.4. The van der Waals surface area contributed by atoms with Gasteiger partial charge in [-0.2, -0.15) is 5.10 Å². The van der Waals surface area contributed by atoms with E-state index in [1.165, 1.54) is 16.9 Å². The number of amides is 1. The van der Waals surface area contributed by atoms with Crippen molar-refractivity contribution < 1.29 is 14.7 Å². The second-order valence-electron chi connectivity index (χ2n) is 5.64. The first-order valence-corrected chi connectivity index (χ1v) is 7.82. The van der Waals surface area contributed by atoms with E-state index < -0.39 is 5.97 Å². The van der Waals surface area contributed by atoms with Gasteiger partial charge in [-0.25, -0.2) is 4.68 Å². The van der Waals surface area contributed by atoms with E-state index in [2.05, 4.69) is 10.4 Å². The van der Waals surface area contributed by atoms with E-state index in [1.54, 1.807) is 0 Å². The number of nitrogens with zero attached hydrogens (tertiary/aromatic N) is 3. The summed E-state index contributed by atoms with van der Waals surface area (Å²) in [6.45, 7) is 1.52. The molecule has 1 unspecified atom stereocenters. The Labute approximate surface area is 144 Å². The molecule has 2 heterocycles. The second-order valence-corrected chi connectivity index (χ2v) is 5.64. The molecular formula is C18H18N4O3. The monoisotopic (exact) mass is 338 g/mol. The van der Waals surface area contributed by atoms with Crippen LogP contribution in [0.2, 0.25) is 0 Å². The van der Waals surface area contributed by atoms with Crippen LogP contribution >= 0.6 is 0 Å². The molecule has 0 saturated heterocycles. The van der Waals surface area contributed by atoms with Crippen molar-refractivity contribution in [2.45, 2.75) is 19.5 Å². The number of carbonyl (C=O) groups excluding carboxylic acids is 1. The average Bonchev–Trinajstić information content (AvgIpc) is 3.26. The highest BCUT2D eigenvalue weighted by Crippen LogP contribution is 2.16. The van der Waals surface area contributed by atoms with Crippen LogP contribution in [0.1, 0.15) is 29.0 Å². The van der Waals surface area contributed by atoms with Crippen LogP contribution in [0.3, 0.4) is 0 Å². The Morgan fingerprint density at radius 3 is 2.48 bits per heavy atom. The number of rotatable bonds is 6. The predicted molar refractivity (Wildman–Crippen MR) is 91.5 cm³/mol. The highest BCUT2D eigenvalue weighted by molar-refractivity contribution is 5.93. The summed E-state index contributed by atoms with van der Waals surface area (Å²) < 4.78 is 3.16. The van der Waals surface area contributed by atoms with E-state index in [0.29, 0.717) is 0 Å². The molecule has 1 aromatic carbocycles. The maximum absolute atomic E-state index is 12.4. The largest absolute Gasteiger partial charge is 0.480 e. The first-order valence-electron chi connectivity index (χ1n) is 7.82. The SMILES string of the molecule is CC(NC(=O)c1ccnn1CC(=O)O)c1ccc(-n2cccc2)cc1. The van der Waals surface area contributed by atoms with Crippen LogP contribution in [0.5, 0.6) is 0 Å². The summed E-state index contributed by atoms with van der Waals surface area (Å²) in [5, 5.41) is 15.6. The van der Waals surface area contributed by atoms with Crippen molar-refractivity contribution in [1.29, 1.82) is 0 Å². The van der Waals surface area contributed by atoms with Crippen LogP contribution in [0.15, 0.2) is 61.1 Å². The first-order chi connectivity index (χ1) is 12.0. The van der Waals surface area contributed by atoms with Gasteiger partial charge in [-0.05, 0) is 42.8 Å². The van der Waals surface area contributed by atoms with Crippen molar-refractivity contribution in [3.8, 4) is 5.69 Å². The van der Waals surface area contributed by atoms with E-state index in [1.807, 2.05) is 60.3 Å². The molecule has 0 bridgehead atoms. The molecule has 3 rings (SSSR count). The summed E-state index contributed by atoms with van der Waals surface area (Å²) in [6, 6.07) is 13.1. The van der Waals surface area contributed by atoms with Crippen molar-refractivity contribution >= 4 is 11.9 Å². The number of benzene rings is 1. The summed E-state index contributed by atoms with van der Waals surface area (Å²) in [4.78, 5) is 23.2. The van der Waals surface area contributed by atoms with Crippen molar-refractivity contribution in [2.24, 2.45) is 0 Å². The topological polar surface area (TPSA) is 89.2 Å². The molecule has 0 aliphatic rings. The summed E-state index contributed by atoms with van der Waals surface area (Å²) >= 11 is 0. The third kappa shape index (κ3) is 3.77. The molecule has 128 valence electrons. The van der Waals surface area contributed by atoms with E-state index in [4.69, 9.17) is 5.11 Å². The van der Waals surface area contributed by atoms with Gasteiger partial charge >= 0.3 is 5.97 Å². The fourth-order valence-corrected chi connectivity index (χ4v) is 2.58. The maximum atomic E-state index is 12.4. The van der Waals surface area contributed by atoms with Gasteiger partial charge in [0, 0.05) is 24.3 Å². The van der Waals surface area contributed by atoms with Crippen LogP contribution in [-0.4, -0.2) is 31.3 Å². The highest BCUT2D eigenvalue weighted by Gasteiger charge is 2.16. The molecule has 0 spiro atoms. The predicted octanol–water partition coefficient (Wildman–Crippen LogP) is 2.25. The van der Waals surface area contributed by atoms with Gasteiger partial charge in [0.2, 0.25) is 0 Å². The van der Waals surface area contributed by atoms with Crippen LogP contribution in [-0.2, 0) is 11.3 Å². The Bertz CT molecular complexity index is 866. The van der Waals surface area contributed by atoms with Gasteiger partial charge in [-0.15, -0.1) is 0 Å². The molecule has 7 nitrogen and oxygen atoms in total. The zero-order chi connectivity index (χ0) is 17.8. The lowest BCUT2D eigenvalue weighted by Crippen LogP contribution is -2.29. The Morgan fingerprint density at radius 1 is 1.16 bits per heavy atom. The summed E-state index contributed by atoms with van der Waals surface area (Å²) in [6.07, 6.45) is 5.34. The standard InChI is InChI=1S/C18H18N4O3/c1-13(14-4-6-15(7-5-14)21-10-2-3-11-21)20-18(25)16-8-9-19-22(16)12-17(23)24/h2-11,13H,12H2,1H3,(H,20,25)(H,23,24). The van der Waals surface area contributed by atoms with Crippen molar-refractivity contribution in [2.75, 3.05) is 0 Å². The summed E-state index contributed by atoms with van der Waals surface area (Å²) in [5.74, 6) is -1.41. The number of hydrogen-bond acceptors (Lipinski definition) is 3. The van der Waals surface area contributed by atoms with Gasteiger partial charge in [0.25, 0.3) is 5.91 Å². The van der Waals surface area contributed by atoms with E-state index in [-0.39, 0.29) is 24.2 Å². The summed E-state index contributed by atoms with van der Waals surface area (Å²) in [5.41, 5.74) is 2.21. The average molecular weight is 338 g/mol. The van der Waals surface area contributed by atoms with Crippen LogP contribution < -0.4 is 5.32 Å². The molecule has 3 aromatic rings. The number of carboxylic acid groups (broad SMARTS) is 1. The number of hydrogen-bond donors (Lipinski definition) is 2. The lowest BCUT2D eigenvalue weighted by Gasteiger charge is -2.15. The minimum atomic E-state index is -1.05. The smallest absolute Gasteiger partial charge is 0.325 e. The number of carbonyl (C=O) groups is 2. The molecular weight excluding hydrogens is 320 g/mol. The maximum Gasteiger partial charge on any atom is 0.325 e. The van der Waals surface area contributed by atoms with E-state index in [0.717, 1.165) is 11.3 Å². The van der Waals surface area contributed by atoms with Gasteiger partial charge in [0.15, 0.2) is 0 Å². The molecule has 0 fully saturated rings. The Balaban J connectivity index is 1.69. The zero-order valence-corrected chi connectivity index (χ0v) is 13.7. The van der Waals surface area contributed by atoms with Crippen molar-refractivity contribution in [3.05, 3.63) is 72.3 Å². The Kier molecular flexibility index (Phi) is 4.65.